The Morgan fingerprint density at radius 2 is 2.18 bits per heavy atom. The van der Waals surface area contributed by atoms with Crippen molar-refractivity contribution in [2.45, 2.75) is 26.7 Å². The predicted molar refractivity (Wildman–Crippen MR) is 67.2 cm³/mol. The Balaban J connectivity index is 2.47. The van der Waals surface area contributed by atoms with Gasteiger partial charge in [-0.3, -0.25) is 4.79 Å². The molecule has 0 saturated carbocycles. The summed E-state index contributed by atoms with van der Waals surface area (Å²) >= 11 is 0. The molecule has 0 fully saturated rings. The second-order valence-electron chi connectivity index (χ2n) is 4.52. The summed E-state index contributed by atoms with van der Waals surface area (Å²) in [5.41, 5.74) is 6.08. The summed E-state index contributed by atoms with van der Waals surface area (Å²) in [5, 5.41) is 2.77. The molecule has 1 amide bonds. The lowest BCUT2D eigenvalue weighted by Gasteiger charge is -2.08. The van der Waals surface area contributed by atoms with E-state index in [1.54, 1.807) is 0 Å². The maximum atomic E-state index is 12.8. The van der Waals surface area contributed by atoms with E-state index in [4.69, 9.17) is 5.73 Å². The van der Waals surface area contributed by atoms with E-state index in [1.165, 1.54) is 12.1 Å². The van der Waals surface area contributed by atoms with Crippen LogP contribution < -0.4 is 11.1 Å². The largest absolute Gasteiger partial charge is 0.398 e. The van der Waals surface area contributed by atoms with E-state index in [-0.39, 0.29) is 11.6 Å². The standard InChI is InChI=1S/C13H19FN2O/c1-9(2)4-3-7-16-13(17)11-6-5-10(14)8-12(11)15/h5-6,8-9H,3-4,7,15H2,1-2H3,(H,16,17). The van der Waals surface area contributed by atoms with Gasteiger partial charge in [-0.15, -0.1) is 0 Å². The number of hydrogen-bond donors (Lipinski definition) is 2. The smallest absolute Gasteiger partial charge is 0.253 e. The first-order chi connectivity index (χ1) is 8.00. The zero-order valence-corrected chi connectivity index (χ0v) is 10.3. The average Bonchev–Trinajstić information content (AvgIpc) is 2.23. The van der Waals surface area contributed by atoms with Gasteiger partial charge in [0, 0.05) is 12.2 Å². The van der Waals surface area contributed by atoms with Gasteiger partial charge in [0.2, 0.25) is 0 Å². The van der Waals surface area contributed by atoms with E-state index in [9.17, 15) is 9.18 Å². The molecule has 0 bridgehead atoms. The van der Waals surface area contributed by atoms with Gasteiger partial charge in [0.15, 0.2) is 0 Å². The zero-order chi connectivity index (χ0) is 12.8. The van der Waals surface area contributed by atoms with Crippen LogP contribution in [0.5, 0.6) is 0 Å². The molecule has 1 aromatic carbocycles. The number of halogens is 1. The van der Waals surface area contributed by atoms with Crippen LogP contribution in [-0.4, -0.2) is 12.5 Å². The van der Waals surface area contributed by atoms with Crippen molar-refractivity contribution in [1.29, 1.82) is 0 Å². The molecule has 0 heterocycles. The molecule has 3 nitrogen and oxygen atoms in total. The van der Waals surface area contributed by atoms with Gasteiger partial charge in [0.1, 0.15) is 5.82 Å². The van der Waals surface area contributed by atoms with Crippen molar-refractivity contribution in [2.75, 3.05) is 12.3 Å². The summed E-state index contributed by atoms with van der Waals surface area (Å²) in [6.45, 7) is 4.90. The van der Waals surface area contributed by atoms with Crippen LogP contribution in [0.25, 0.3) is 0 Å². The fourth-order valence-corrected chi connectivity index (χ4v) is 1.55. The van der Waals surface area contributed by atoms with Gasteiger partial charge in [-0.1, -0.05) is 13.8 Å². The number of rotatable bonds is 5. The van der Waals surface area contributed by atoms with E-state index in [0.717, 1.165) is 18.9 Å². The fraction of sp³-hybridized carbons (Fsp3) is 0.462. The fourth-order valence-electron chi connectivity index (χ4n) is 1.55. The van der Waals surface area contributed by atoms with Crippen LogP contribution in [-0.2, 0) is 0 Å². The minimum absolute atomic E-state index is 0.173. The molecule has 17 heavy (non-hydrogen) atoms. The molecule has 0 unspecified atom stereocenters. The van der Waals surface area contributed by atoms with Crippen molar-refractivity contribution in [3.8, 4) is 0 Å². The number of benzene rings is 1. The molecule has 3 N–H and O–H groups in total. The number of carbonyl (C=O) groups is 1. The van der Waals surface area contributed by atoms with Crippen molar-refractivity contribution in [3.63, 3.8) is 0 Å². The molecule has 0 spiro atoms. The van der Waals surface area contributed by atoms with Gasteiger partial charge < -0.3 is 11.1 Å². The van der Waals surface area contributed by atoms with Gasteiger partial charge in [-0.25, -0.2) is 4.39 Å². The lowest BCUT2D eigenvalue weighted by Crippen LogP contribution is -2.25. The Kier molecular flexibility index (Phi) is 4.94. The molecule has 1 aromatic rings. The SMILES string of the molecule is CC(C)CCCNC(=O)c1ccc(F)cc1N. The maximum absolute atomic E-state index is 12.8. The van der Waals surface area contributed by atoms with Crippen LogP contribution in [0, 0.1) is 11.7 Å². The highest BCUT2D eigenvalue weighted by Gasteiger charge is 2.09. The van der Waals surface area contributed by atoms with E-state index < -0.39 is 5.82 Å². The molecule has 0 aliphatic heterocycles. The van der Waals surface area contributed by atoms with Crippen LogP contribution >= 0.6 is 0 Å². The number of nitrogens with one attached hydrogen (secondary N) is 1. The topological polar surface area (TPSA) is 55.1 Å². The quantitative estimate of drug-likeness (QED) is 0.612. The number of nitrogens with two attached hydrogens (primary N) is 1. The third-order valence-corrected chi connectivity index (χ3v) is 2.50. The normalized spacial score (nSPS) is 10.6. The molecular formula is C13H19FN2O. The Morgan fingerprint density at radius 1 is 1.47 bits per heavy atom. The first kappa shape index (κ1) is 13.5. The van der Waals surface area contributed by atoms with E-state index in [2.05, 4.69) is 19.2 Å². The van der Waals surface area contributed by atoms with Crippen molar-refractivity contribution >= 4 is 11.6 Å². The second kappa shape index (κ2) is 6.23. The Bertz CT molecular complexity index is 391. The number of anilines is 1. The highest BCUT2D eigenvalue weighted by Crippen LogP contribution is 2.13. The van der Waals surface area contributed by atoms with Gasteiger partial charge in [0.05, 0.1) is 5.56 Å². The predicted octanol–water partition coefficient (Wildman–Crippen LogP) is 2.57. The molecule has 0 aliphatic carbocycles. The lowest BCUT2D eigenvalue weighted by atomic mass is 10.1. The molecule has 0 saturated heterocycles. The molecule has 1 rings (SSSR count). The van der Waals surface area contributed by atoms with Crippen LogP contribution in [0.2, 0.25) is 0 Å². The minimum Gasteiger partial charge on any atom is -0.398 e. The average molecular weight is 238 g/mol. The van der Waals surface area contributed by atoms with E-state index in [1.807, 2.05) is 0 Å². The van der Waals surface area contributed by atoms with E-state index >= 15 is 0 Å². The van der Waals surface area contributed by atoms with E-state index in [0.29, 0.717) is 18.0 Å². The third-order valence-electron chi connectivity index (χ3n) is 2.50. The number of amides is 1. The first-order valence-electron chi connectivity index (χ1n) is 5.84. The summed E-state index contributed by atoms with van der Waals surface area (Å²) in [7, 11) is 0. The molecule has 0 radical (unpaired) electrons. The van der Waals surface area contributed by atoms with Gasteiger partial charge in [-0.05, 0) is 37.0 Å². The van der Waals surface area contributed by atoms with Crippen molar-refractivity contribution in [2.24, 2.45) is 5.92 Å². The first-order valence-corrected chi connectivity index (χ1v) is 5.84. The second-order valence-corrected chi connectivity index (χ2v) is 4.52. The molecule has 0 aliphatic rings. The summed E-state index contributed by atoms with van der Waals surface area (Å²) in [4.78, 5) is 11.7. The molecule has 94 valence electrons. The van der Waals surface area contributed by atoms with Crippen LogP contribution in [0.1, 0.15) is 37.0 Å². The van der Waals surface area contributed by atoms with Gasteiger partial charge >= 0.3 is 0 Å². The van der Waals surface area contributed by atoms with Crippen LogP contribution in [0.15, 0.2) is 18.2 Å². The summed E-state index contributed by atoms with van der Waals surface area (Å²) in [6, 6.07) is 3.80. The molecular weight excluding hydrogens is 219 g/mol. The zero-order valence-electron chi connectivity index (χ0n) is 10.3. The monoisotopic (exact) mass is 238 g/mol. The molecule has 4 heteroatoms. The van der Waals surface area contributed by atoms with Gasteiger partial charge in [-0.2, -0.15) is 0 Å². The van der Waals surface area contributed by atoms with Gasteiger partial charge in [0.25, 0.3) is 5.91 Å². The van der Waals surface area contributed by atoms with Crippen molar-refractivity contribution in [3.05, 3.63) is 29.6 Å². The van der Waals surface area contributed by atoms with Crippen molar-refractivity contribution in [1.82, 2.24) is 5.32 Å². The highest BCUT2D eigenvalue weighted by molar-refractivity contribution is 5.99. The number of nitrogen functional groups attached to an aromatic ring is 1. The number of hydrogen-bond acceptors (Lipinski definition) is 2. The van der Waals surface area contributed by atoms with Crippen LogP contribution in [0.3, 0.4) is 0 Å². The Labute approximate surface area is 101 Å². The maximum Gasteiger partial charge on any atom is 0.253 e. The summed E-state index contributed by atoms with van der Waals surface area (Å²) in [5.74, 6) is -0.0482. The number of carbonyl (C=O) groups excluding carboxylic acids is 1. The summed E-state index contributed by atoms with van der Waals surface area (Å²) < 4.78 is 12.8. The Morgan fingerprint density at radius 3 is 2.76 bits per heavy atom. The third kappa shape index (κ3) is 4.43. The molecule has 0 aromatic heterocycles. The van der Waals surface area contributed by atoms with Crippen LogP contribution in [0.4, 0.5) is 10.1 Å². The summed E-state index contributed by atoms with van der Waals surface area (Å²) in [6.07, 6.45) is 2.00. The minimum atomic E-state index is -0.432. The Hall–Kier alpha value is -1.58. The van der Waals surface area contributed by atoms with Crippen molar-refractivity contribution < 1.29 is 9.18 Å². The highest BCUT2D eigenvalue weighted by atomic mass is 19.1. The molecule has 0 atom stereocenters. The lowest BCUT2D eigenvalue weighted by molar-refractivity contribution is 0.0953.